The van der Waals surface area contributed by atoms with Gasteiger partial charge < -0.3 is 9.47 Å². The summed E-state index contributed by atoms with van der Waals surface area (Å²) in [6, 6.07) is 14.3. The second kappa shape index (κ2) is 14.3. The van der Waals surface area contributed by atoms with Crippen molar-refractivity contribution in [3.8, 4) is 28.6 Å². The highest BCUT2D eigenvalue weighted by molar-refractivity contribution is 8.15. The van der Waals surface area contributed by atoms with Crippen LogP contribution in [-0.2, 0) is 16.2 Å². The van der Waals surface area contributed by atoms with Crippen molar-refractivity contribution in [3.05, 3.63) is 83.6 Å². The molecular formula is C28H19ClF6N6O5S. The largest absolute Gasteiger partial charge is 0.573 e. The molecule has 1 atom stereocenters. The smallest absolute Gasteiger partial charge is 0.452 e. The number of benzene rings is 3. The number of thioether (sulfide) groups is 1. The van der Waals surface area contributed by atoms with Crippen molar-refractivity contribution >= 4 is 46.2 Å². The van der Waals surface area contributed by atoms with E-state index in [-0.39, 0.29) is 34.0 Å². The number of anilines is 1. The highest BCUT2D eigenvalue weighted by atomic mass is 35.5. The van der Waals surface area contributed by atoms with Crippen LogP contribution in [0.15, 0.2) is 78.0 Å². The van der Waals surface area contributed by atoms with Crippen LogP contribution in [0, 0.1) is 0 Å². The van der Waals surface area contributed by atoms with Crippen molar-refractivity contribution in [2.75, 3.05) is 10.7 Å². The second-order valence-corrected chi connectivity index (χ2v) is 10.7. The number of aliphatic imine (C=N–C) groups is 1. The standard InChI is InChI=1S/C28H19ClF6N6O5S/c29-17-5-10-21(45-24(32)23(30)31)20(11-17)41-22(42)13-47-27(41)37-26(43)39-44-12-15-1-3-16(4-2-15)25-36-14-40(38-25)18-6-8-19(9-7-18)46-28(33,34)35/h1-11,14,23-24H,12-13H2,(H,39,43)/b37-27-. The van der Waals surface area contributed by atoms with E-state index in [0.717, 1.165) is 34.9 Å². The van der Waals surface area contributed by atoms with E-state index in [2.05, 4.69) is 30.0 Å². The van der Waals surface area contributed by atoms with Gasteiger partial charge in [0.2, 0.25) is 5.91 Å². The van der Waals surface area contributed by atoms with Crippen LogP contribution in [0.3, 0.4) is 0 Å². The van der Waals surface area contributed by atoms with E-state index in [9.17, 15) is 35.9 Å². The number of ether oxygens (including phenoxy) is 2. The molecular weight excluding hydrogens is 682 g/mol. The Morgan fingerprint density at radius 1 is 1.06 bits per heavy atom. The van der Waals surface area contributed by atoms with Gasteiger partial charge >= 0.3 is 18.8 Å². The average Bonchev–Trinajstić information content (AvgIpc) is 3.65. The first-order chi connectivity index (χ1) is 22.4. The number of amidine groups is 1. The summed E-state index contributed by atoms with van der Waals surface area (Å²) in [6.07, 6.45) is -9.84. The third-order valence-corrected chi connectivity index (χ3v) is 7.16. The summed E-state index contributed by atoms with van der Waals surface area (Å²) in [4.78, 5) is 39.2. The van der Waals surface area contributed by atoms with Crippen molar-refractivity contribution in [2.24, 2.45) is 4.99 Å². The van der Waals surface area contributed by atoms with E-state index in [0.29, 0.717) is 22.6 Å². The number of hydrogen-bond acceptors (Lipinski definition) is 8. The van der Waals surface area contributed by atoms with Gasteiger partial charge in [0.05, 0.1) is 23.7 Å². The molecule has 11 nitrogen and oxygen atoms in total. The maximum atomic E-state index is 13.6. The van der Waals surface area contributed by atoms with Crippen molar-refractivity contribution in [1.82, 2.24) is 20.2 Å². The summed E-state index contributed by atoms with van der Waals surface area (Å²) >= 11 is 6.85. The summed E-state index contributed by atoms with van der Waals surface area (Å²) in [6.45, 7) is -0.0985. The zero-order valence-electron chi connectivity index (χ0n) is 23.3. The summed E-state index contributed by atoms with van der Waals surface area (Å²) in [5.74, 6) is -1.21. The highest BCUT2D eigenvalue weighted by Crippen LogP contribution is 2.37. The van der Waals surface area contributed by atoms with Gasteiger partial charge in [-0.3, -0.25) is 14.5 Å². The van der Waals surface area contributed by atoms with E-state index in [1.165, 1.54) is 35.3 Å². The monoisotopic (exact) mass is 700 g/mol. The Bertz CT molecular complexity index is 1770. The Balaban J connectivity index is 1.18. The van der Waals surface area contributed by atoms with Crippen molar-refractivity contribution in [3.63, 3.8) is 0 Å². The van der Waals surface area contributed by atoms with Gasteiger partial charge in [-0.05, 0) is 48.0 Å². The van der Waals surface area contributed by atoms with Crippen LogP contribution >= 0.6 is 23.4 Å². The first kappa shape index (κ1) is 33.6. The topological polar surface area (TPSA) is 120 Å². The number of carbonyl (C=O) groups is 2. The minimum absolute atomic E-state index is 0.0833. The fraction of sp³-hybridized carbons (Fsp3) is 0.179. The zero-order valence-corrected chi connectivity index (χ0v) is 24.9. The summed E-state index contributed by atoms with van der Waals surface area (Å²) in [5, 5.41) is 4.25. The quantitative estimate of drug-likeness (QED) is 0.143. The Morgan fingerprint density at radius 2 is 1.79 bits per heavy atom. The molecule has 47 heavy (non-hydrogen) atoms. The third-order valence-electron chi connectivity index (χ3n) is 6.00. The van der Waals surface area contributed by atoms with Gasteiger partial charge in [0.25, 0.3) is 6.36 Å². The second-order valence-electron chi connectivity index (χ2n) is 9.27. The minimum Gasteiger partial charge on any atom is -0.452 e. The molecule has 2 heterocycles. The summed E-state index contributed by atoms with van der Waals surface area (Å²) < 4.78 is 86.1. The lowest BCUT2D eigenvalue weighted by Gasteiger charge is -2.21. The number of urea groups is 1. The molecule has 1 aliphatic heterocycles. The average molecular weight is 701 g/mol. The fourth-order valence-corrected chi connectivity index (χ4v) is 5.01. The van der Waals surface area contributed by atoms with Crippen LogP contribution < -0.4 is 19.9 Å². The van der Waals surface area contributed by atoms with E-state index >= 15 is 0 Å². The number of nitrogens with one attached hydrogen (secondary N) is 1. The van der Waals surface area contributed by atoms with Crippen LogP contribution in [-0.4, -0.2) is 56.8 Å². The summed E-state index contributed by atoms with van der Waals surface area (Å²) in [7, 11) is 0. The molecule has 1 N–H and O–H groups in total. The number of nitrogens with zero attached hydrogens (tertiary/aromatic N) is 5. The molecule has 246 valence electrons. The lowest BCUT2D eigenvalue weighted by Crippen LogP contribution is -2.32. The van der Waals surface area contributed by atoms with Gasteiger partial charge in [0.1, 0.15) is 17.8 Å². The van der Waals surface area contributed by atoms with E-state index in [1.54, 1.807) is 24.3 Å². The van der Waals surface area contributed by atoms with E-state index in [4.69, 9.17) is 16.4 Å². The molecule has 1 fully saturated rings. The van der Waals surface area contributed by atoms with Gasteiger partial charge in [-0.1, -0.05) is 47.6 Å². The normalized spacial score (nSPS) is 14.9. The van der Waals surface area contributed by atoms with Crippen molar-refractivity contribution in [2.45, 2.75) is 25.8 Å². The Morgan fingerprint density at radius 3 is 2.47 bits per heavy atom. The molecule has 3 aromatic carbocycles. The summed E-state index contributed by atoms with van der Waals surface area (Å²) in [5.41, 5.74) is 3.61. The van der Waals surface area contributed by atoms with Crippen LogP contribution in [0.25, 0.3) is 17.1 Å². The molecule has 0 spiro atoms. The molecule has 1 aliphatic rings. The fourth-order valence-electron chi connectivity index (χ4n) is 3.98. The molecule has 0 saturated carbocycles. The Hall–Kier alpha value is -4.81. The lowest BCUT2D eigenvalue weighted by molar-refractivity contribution is -0.274. The molecule has 3 amide bonds. The minimum atomic E-state index is -4.80. The lowest BCUT2D eigenvalue weighted by atomic mass is 10.1. The molecule has 4 aromatic rings. The van der Waals surface area contributed by atoms with Gasteiger partial charge in [-0.15, -0.1) is 18.3 Å². The number of hydroxylamine groups is 1. The molecule has 5 rings (SSSR count). The number of hydrogen-bond donors (Lipinski definition) is 1. The van der Waals surface area contributed by atoms with E-state index < -0.39 is 36.8 Å². The van der Waals surface area contributed by atoms with Crippen molar-refractivity contribution < 1.29 is 50.2 Å². The Kier molecular flexibility index (Phi) is 10.2. The van der Waals surface area contributed by atoms with E-state index in [1.807, 2.05) is 0 Å². The highest BCUT2D eigenvalue weighted by Gasteiger charge is 2.34. The van der Waals surface area contributed by atoms with Crippen LogP contribution in [0.4, 0.5) is 36.8 Å². The number of rotatable bonds is 10. The third kappa shape index (κ3) is 8.72. The number of halogens is 7. The molecule has 19 heteroatoms. The molecule has 1 aromatic heterocycles. The predicted molar refractivity (Wildman–Crippen MR) is 157 cm³/mol. The maximum Gasteiger partial charge on any atom is 0.573 e. The first-order valence-electron chi connectivity index (χ1n) is 13.1. The van der Waals surface area contributed by atoms with Gasteiger partial charge in [0, 0.05) is 10.6 Å². The SMILES string of the molecule is O=C(/N=C1\SCC(=O)N1c1cc(Cl)ccc1OC(F)C(F)F)NOCc1ccc(-c2ncn(-c3ccc(OC(F)(F)F)cc3)n2)cc1. The Labute approximate surface area is 270 Å². The van der Waals surface area contributed by atoms with Gasteiger partial charge in [-0.25, -0.2) is 28.7 Å². The molecule has 1 unspecified atom stereocenters. The zero-order chi connectivity index (χ0) is 33.7. The number of amides is 3. The number of aromatic nitrogens is 3. The molecule has 0 aliphatic carbocycles. The molecule has 1 saturated heterocycles. The number of carbonyl (C=O) groups excluding carboxylic acids is 2. The van der Waals surface area contributed by atoms with Gasteiger partial charge in [0.15, 0.2) is 11.0 Å². The molecule has 0 bridgehead atoms. The van der Waals surface area contributed by atoms with Crippen LogP contribution in [0.2, 0.25) is 5.02 Å². The van der Waals surface area contributed by atoms with Crippen LogP contribution in [0.1, 0.15) is 5.56 Å². The maximum absolute atomic E-state index is 13.6. The van der Waals surface area contributed by atoms with Crippen LogP contribution in [0.5, 0.6) is 11.5 Å². The molecule has 0 radical (unpaired) electrons. The first-order valence-corrected chi connectivity index (χ1v) is 14.4. The predicted octanol–water partition coefficient (Wildman–Crippen LogP) is 6.70. The van der Waals surface area contributed by atoms with Gasteiger partial charge in [-0.2, -0.15) is 9.38 Å². The van der Waals surface area contributed by atoms with Crippen molar-refractivity contribution in [1.29, 1.82) is 0 Å². The number of alkyl halides is 6.